The predicted octanol–water partition coefficient (Wildman–Crippen LogP) is -1.42. The van der Waals surface area contributed by atoms with Gasteiger partial charge in [-0.05, 0) is 45.4 Å². The quantitative estimate of drug-likeness (QED) is 0.273. The Bertz CT molecular complexity index is 120. The zero-order valence-corrected chi connectivity index (χ0v) is 9.67. The summed E-state index contributed by atoms with van der Waals surface area (Å²) in [4.78, 5) is 0. The highest BCUT2D eigenvalue weighted by molar-refractivity contribution is 4.63. The maximum Gasteiger partial charge on any atom is 0.00767 e. The third-order valence-corrected chi connectivity index (χ3v) is 2.27. The summed E-state index contributed by atoms with van der Waals surface area (Å²) in [5.74, 6) is 0. The van der Waals surface area contributed by atoms with Crippen molar-refractivity contribution in [2.45, 2.75) is 25.3 Å². The van der Waals surface area contributed by atoms with Crippen LogP contribution in [0.4, 0.5) is 0 Å². The minimum Gasteiger partial charge on any atom is -0.330 e. The summed E-state index contributed by atoms with van der Waals surface area (Å²) in [6.45, 7) is 5.40. The fraction of sp³-hybridized carbons (Fsp3) is 1.00. The van der Waals surface area contributed by atoms with Crippen molar-refractivity contribution in [1.29, 1.82) is 0 Å². The highest BCUT2D eigenvalue weighted by Crippen LogP contribution is 1.90. The van der Waals surface area contributed by atoms with E-state index in [9.17, 15) is 0 Å². The Labute approximate surface area is 93.1 Å². The van der Waals surface area contributed by atoms with Gasteiger partial charge < -0.3 is 27.8 Å². The molecule has 0 aromatic heterocycles. The monoisotopic (exact) mass is 217 g/mol. The number of hydrogen-bond donors (Lipinski definition) is 5. The molecule has 0 amide bonds. The molecule has 0 spiro atoms. The van der Waals surface area contributed by atoms with Gasteiger partial charge in [-0.15, -0.1) is 0 Å². The molecule has 5 heteroatoms. The van der Waals surface area contributed by atoms with Gasteiger partial charge >= 0.3 is 0 Å². The van der Waals surface area contributed by atoms with E-state index in [1.54, 1.807) is 0 Å². The number of rotatable bonds is 11. The van der Waals surface area contributed by atoms with Crippen LogP contribution in [0.15, 0.2) is 0 Å². The Balaban J connectivity index is 2.98. The van der Waals surface area contributed by atoms with E-state index in [0.717, 1.165) is 52.0 Å². The lowest BCUT2D eigenvalue weighted by atomic mass is 10.1. The molecule has 0 aliphatic heterocycles. The Morgan fingerprint density at radius 1 is 0.800 bits per heavy atom. The molecule has 0 saturated heterocycles. The van der Waals surface area contributed by atoms with Crippen LogP contribution in [-0.2, 0) is 0 Å². The van der Waals surface area contributed by atoms with Crippen LogP contribution in [0.3, 0.4) is 0 Å². The fourth-order valence-electron chi connectivity index (χ4n) is 1.30. The predicted molar refractivity (Wildman–Crippen MR) is 65.7 cm³/mol. The molecule has 0 heterocycles. The van der Waals surface area contributed by atoms with Crippen molar-refractivity contribution >= 4 is 0 Å². The Hall–Kier alpha value is -0.200. The van der Waals surface area contributed by atoms with Gasteiger partial charge in [0.25, 0.3) is 0 Å². The molecule has 5 nitrogen and oxygen atoms in total. The molecule has 15 heavy (non-hydrogen) atoms. The van der Waals surface area contributed by atoms with Gasteiger partial charge in [-0.25, -0.2) is 0 Å². The van der Waals surface area contributed by atoms with Gasteiger partial charge in [-0.3, -0.25) is 0 Å². The Kier molecular flexibility index (Phi) is 11.7. The molecule has 0 rings (SSSR count). The van der Waals surface area contributed by atoms with E-state index < -0.39 is 0 Å². The molecule has 0 saturated carbocycles. The third-order valence-electron chi connectivity index (χ3n) is 2.27. The first-order valence-corrected chi connectivity index (χ1v) is 5.88. The topological polar surface area (TPSA) is 102 Å². The van der Waals surface area contributed by atoms with Gasteiger partial charge in [0.05, 0.1) is 0 Å². The average molecular weight is 217 g/mol. The zero-order chi connectivity index (χ0) is 11.4. The summed E-state index contributed by atoms with van der Waals surface area (Å²) in [6, 6.07) is 0.243. The van der Waals surface area contributed by atoms with E-state index in [2.05, 4.69) is 10.6 Å². The van der Waals surface area contributed by atoms with Crippen molar-refractivity contribution in [3.8, 4) is 0 Å². The second-order valence-electron chi connectivity index (χ2n) is 3.77. The normalized spacial score (nSPS) is 13.0. The smallest absolute Gasteiger partial charge is 0.00767 e. The van der Waals surface area contributed by atoms with E-state index in [-0.39, 0.29) is 6.04 Å². The van der Waals surface area contributed by atoms with Crippen molar-refractivity contribution in [3.63, 3.8) is 0 Å². The van der Waals surface area contributed by atoms with Gasteiger partial charge in [0.15, 0.2) is 0 Å². The van der Waals surface area contributed by atoms with Gasteiger partial charge in [0.1, 0.15) is 0 Å². The number of nitrogens with one attached hydrogen (secondary N) is 2. The summed E-state index contributed by atoms with van der Waals surface area (Å²) in [7, 11) is 0. The van der Waals surface area contributed by atoms with Gasteiger partial charge in [0.2, 0.25) is 0 Å². The zero-order valence-electron chi connectivity index (χ0n) is 9.67. The van der Waals surface area contributed by atoms with E-state index in [1.807, 2.05) is 0 Å². The summed E-state index contributed by atoms with van der Waals surface area (Å²) in [5, 5.41) is 6.64. The molecular weight excluding hydrogens is 190 g/mol. The Morgan fingerprint density at radius 3 is 2.07 bits per heavy atom. The highest BCUT2D eigenvalue weighted by atomic mass is 14.9. The molecule has 0 radical (unpaired) electrons. The van der Waals surface area contributed by atoms with Crippen molar-refractivity contribution in [1.82, 2.24) is 10.6 Å². The summed E-state index contributed by atoms with van der Waals surface area (Å²) in [6.07, 6.45) is 2.96. The lowest BCUT2D eigenvalue weighted by Gasteiger charge is -2.10. The summed E-state index contributed by atoms with van der Waals surface area (Å²) >= 11 is 0. The SMILES string of the molecule is NCCCNCCNCCC(N)CCN. The summed E-state index contributed by atoms with van der Waals surface area (Å²) < 4.78 is 0. The molecule has 0 aliphatic rings. The van der Waals surface area contributed by atoms with Crippen LogP contribution in [0.5, 0.6) is 0 Å². The first-order chi connectivity index (χ1) is 7.31. The molecular formula is C10H27N5. The minimum atomic E-state index is 0.243. The lowest BCUT2D eigenvalue weighted by molar-refractivity contribution is 0.527. The van der Waals surface area contributed by atoms with Crippen LogP contribution >= 0.6 is 0 Å². The van der Waals surface area contributed by atoms with E-state index in [0.29, 0.717) is 6.54 Å². The van der Waals surface area contributed by atoms with Crippen molar-refractivity contribution in [3.05, 3.63) is 0 Å². The van der Waals surface area contributed by atoms with Crippen LogP contribution in [0.2, 0.25) is 0 Å². The molecule has 8 N–H and O–H groups in total. The van der Waals surface area contributed by atoms with Gasteiger partial charge in [-0.1, -0.05) is 0 Å². The van der Waals surface area contributed by atoms with Crippen molar-refractivity contribution in [2.24, 2.45) is 17.2 Å². The van der Waals surface area contributed by atoms with Crippen molar-refractivity contribution < 1.29 is 0 Å². The van der Waals surface area contributed by atoms with E-state index in [4.69, 9.17) is 17.2 Å². The first-order valence-electron chi connectivity index (χ1n) is 5.88. The summed E-state index contributed by atoms with van der Waals surface area (Å²) in [5.41, 5.74) is 16.6. The van der Waals surface area contributed by atoms with Crippen LogP contribution in [-0.4, -0.2) is 45.3 Å². The van der Waals surface area contributed by atoms with Crippen LogP contribution in [0.1, 0.15) is 19.3 Å². The fourth-order valence-corrected chi connectivity index (χ4v) is 1.30. The van der Waals surface area contributed by atoms with Crippen LogP contribution in [0.25, 0.3) is 0 Å². The molecule has 0 bridgehead atoms. The minimum absolute atomic E-state index is 0.243. The average Bonchev–Trinajstić information content (AvgIpc) is 2.22. The van der Waals surface area contributed by atoms with Gasteiger partial charge in [0, 0.05) is 19.1 Å². The van der Waals surface area contributed by atoms with Crippen LogP contribution in [0, 0.1) is 0 Å². The standard InChI is InChI=1S/C10H27N5/c11-4-1-6-14-8-9-15-7-3-10(13)2-5-12/h10,14-15H,1-9,11-13H2. The molecule has 0 fully saturated rings. The third kappa shape index (κ3) is 11.7. The molecule has 92 valence electrons. The maximum atomic E-state index is 5.82. The van der Waals surface area contributed by atoms with Crippen LogP contribution < -0.4 is 27.8 Å². The maximum absolute atomic E-state index is 5.82. The number of nitrogens with two attached hydrogens (primary N) is 3. The molecule has 1 unspecified atom stereocenters. The Morgan fingerprint density at radius 2 is 1.47 bits per heavy atom. The molecule has 1 atom stereocenters. The molecule has 0 aliphatic carbocycles. The molecule has 0 aromatic rings. The van der Waals surface area contributed by atoms with Gasteiger partial charge in [-0.2, -0.15) is 0 Å². The second-order valence-corrected chi connectivity index (χ2v) is 3.77. The molecule has 0 aromatic carbocycles. The largest absolute Gasteiger partial charge is 0.330 e. The lowest BCUT2D eigenvalue weighted by Crippen LogP contribution is -2.32. The number of hydrogen-bond acceptors (Lipinski definition) is 5. The van der Waals surface area contributed by atoms with E-state index >= 15 is 0 Å². The highest BCUT2D eigenvalue weighted by Gasteiger charge is 1.99. The first kappa shape index (κ1) is 14.8. The second kappa shape index (κ2) is 11.9. The van der Waals surface area contributed by atoms with E-state index in [1.165, 1.54) is 0 Å². The van der Waals surface area contributed by atoms with Crippen molar-refractivity contribution in [2.75, 3.05) is 39.3 Å².